The molecule has 5 atom stereocenters. The molecule has 1 aromatic rings. The highest BCUT2D eigenvalue weighted by atomic mass is 16.5. The van der Waals surface area contributed by atoms with E-state index in [1.54, 1.807) is 0 Å². The molecule has 0 aromatic heterocycles. The fraction of sp³-hybridized carbons (Fsp3) is 0.609. The Morgan fingerprint density at radius 2 is 1.96 bits per heavy atom. The van der Waals surface area contributed by atoms with Gasteiger partial charge in [0.05, 0.1) is 12.2 Å². The minimum absolute atomic E-state index is 0.0817. The van der Waals surface area contributed by atoms with Gasteiger partial charge in [0.2, 0.25) is 0 Å². The van der Waals surface area contributed by atoms with Crippen LogP contribution < -0.4 is 0 Å². The number of aryl methyl sites for hydroxylation is 1. The first kappa shape index (κ1) is 20.1. The Kier molecular flexibility index (Phi) is 7.48. The van der Waals surface area contributed by atoms with Gasteiger partial charge in [-0.1, -0.05) is 42.5 Å². The van der Waals surface area contributed by atoms with Gasteiger partial charge in [0.1, 0.15) is 6.10 Å². The molecule has 0 bridgehead atoms. The standard InChI is InChI=1S/C23H32O4/c24-18(13-12-17-8-4-3-5-9-17)14-15-19-20-10-6-1-2-7-11-23(26)27-22(20)16-21(19)25/h1,3-6,8-9,18-22,24-25H,2,7,10-16H2/b6-1-/t18-,19+,20+,21+,22?/m0/s1. The zero-order valence-electron chi connectivity index (χ0n) is 16.0. The molecule has 1 fully saturated rings. The van der Waals surface area contributed by atoms with Gasteiger partial charge in [-0.05, 0) is 56.4 Å². The average Bonchev–Trinajstić information content (AvgIpc) is 2.96. The van der Waals surface area contributed by atoms with Crippen LogP contribution in [0.25, 0.3) is 0 Å². The van der Waals surface area contributed by atoms with Crippen LogP contribution in [-0.4, -0.2) is 34.5 Å². The maximum absolute atomic E-state index is 12.0. The lowest BCUT2D eigenvalue weighted by molar-refractivity contribution is -0.151. The molecule has 148 valence electrons. The third-order valence-corrected chi connectivity index (χ3v) is 6.05. The second-order valence-electron chi connectivity index (χ2n) is 8.01. The van der Waals surface area contributed by atoms with Crippen LogP contribution in [0, 0.1) is 11.8 Å². The summed E-state index contributed by atoms with van der Waals surface area (Å²) in [7, 11) is 0. The molecule has 1 saturated carbocycles. The van der Waals surface area contributed by atoms with Gasteiger partial charge >= 0.3 is 5.97 Å². The molecule has 0 saturated heterocycles. The monoisotopic (exact) mass is 372 g/mol. The number of rotatable bonds is 6. The van der Waals surface area contributed by atoms with Crippen LogP contribution in [0.3, 0.4) is 0 Å². The molecule has 3 rings (SSSR count). The molecule has 0 amide bonds. The number of benzene rings is 1. The van der Waals surface area contributed by atoms with Crippen LogP contribution in [0.5, 0.6) is 0 Å². The predicted molar refractivity (Wildman–Crippen MR) is 105 cm³/mol. The van der Waals surface area contributed by atoms with Crippen molar-refractivity contribution in [3.63, 3.8) is 0 Å². The molecular formula is C23H32O4. The van der Waals surface area contributed by atoms with E-state index in [1.165, 1.54) is 5.56 Å². The maximum atomic E-state index is 12.0. The zero-order chi connectivity index (χ0) is 19.1. The van der Waals surface area contributed by atoms with Crippen LogP contribution in [-0.2, 0) is 16.0 Å². The summed E-state index contributed by atoms with van der Waals surface area (Å²) < 4.78 is 5.67. The van der Waals surface area contributed by atoms with Crippen molar-refractivity contribution >= 4 is 5.97 Å². The number of aliphatic hydroxyl groups is 2. The third kappa shape index (κ3) is 5.91. The van der Waals surface area contributed by atoms with Crippen LogP contribution in [0.4, 0.5) is 0 Å². The Balaban J connectivity index is 1.53. The van der Waals surface area contributed by atoms with Gasteiger partial charge in [0.15, 0.2) is 0 Å². The maximum Gasteiger partial charge on any atom is 0.306 e. The van der Waals surface area contributed by atoms with Gasteiger partial charge in [-0.25, -0.2) is 0 Å². The lowest BCUT2D eigenvalue weighted by Crippen LogP contribution is -2.26. The van der Waals surface area contributed by atoms with Gasteiger partial charge in [0, 0.05) is 18.8 Å². The molecule has 1 unspecified atom stereocenters. The first-order valence-corrected chi connectivity index (χ1v) is 10.4. The molecule has 1 aromatic carbocycles. The van der Waals surface area contributed by atoms with Crippen molar-refractivity contribution in [3.8, 4) is 0 Å². The van der Waals surface area contributed by atoms with Gasteiger partial charge < -0.3 is 14.9 Å². The lowest BCUT2D eigenvalue weighted by Gasteiger charge is -2.26. The second kappa shape index (κ2) is 10.0. The van der Waals surface area contributed by atoms with E-state index in [9.17, 15) is 15.0 Å². The largest absolute Gasteiger partial charge is 0.462 e. The first-order valence-electron chi connectivity index (χ1n) is 10.4. The second-order valence-corrected chi connectivity index (χ2v) is 8.01. The lowest BCUT2D eigenvalue weighted by atomic mass is 9.85. The van der Waals surface area contributed by atoms with E-state index < -0.39 is 6.10 Å². The summed E-state index contributed by atoms with van der Waals surface area (Å²) >= 11 is 0. The Labute approximate surface area is 162 Å². The van der Waals surface area contributed by atoms with E-state index in [4.69, 9.17) is 4.74 Å². The highest BCUT2D eigenvalue weighted by molar-refractivity contribution is 5.69. The Hall–Kier alpha value is -1.65. The summed E-state index contributed by atoms with van der Waals surface area (Å²) in [5.41, 5.74) is 1.24. The molecule has 2 aliphatic rings. The minimum atomic E-state index is -0.455. The number of ether oxygens (including phenoxy) is 1. The van der Waals surface area contributed by atoms with Gasteiger partial charge in [-0.2, -0.15) is 0 Å². The molecule has 1 aliphatic heterocycles. The van der Waals surface area contributed by atoms with E-state index in [0.717, 1.165) is 38.5 Å². The van der Waals surface area contributed by atoms with Crippen LogP contribution in [0.15, 0.2) is 42.5 Å². The molecule has 0 radical (unpaired) electrons. The number of hydrogen-bond donors (Lipinski definition) is 2. The van der Waals surface area contributed by atoms with E-state index in [0.29, 0.717) is 19.3 Å². The average molecular weight is 373 g/mol. The zero-order valence-corrected chi connectivity index (χ0v) is 16.0. The Morgan fingerprint density at radius 1 is 1.15 bits per heavy atom. The molecule has 4 heteroatoms. The molecule has 2 N–H and O–H groups in total. The number of hydrogen-bond acceptors (Lipinski definition) is 4. The highest BCUT2D eigenvalue weighted by Gasteiger charge is 2.43. The molecule has 4 nitrogen and oxygen atoms in total. The van der Waals surface area contributed by atoms with E-state index in [-0.39, 0.29) is 30.0 Å². The molecule has 27 heavy (non-hydrogen) atoms. The van der Waals surface area contributed by atoms with E-state index >= 15 is 0 Å². The topological polar surface area (TPSA) is 66.8 Å². The number of esters is 1. The van der Waals surface area contributed by atoms with E-state index in [2.05, 4.69) is 24.3 Å². The Morgan fingerprint density at radius 3 is 2.78 bits per heavy atom. The van der Waals surface area contributed by atoms with Crippen LogP contribution in [0.2, 0.25) is 0 Å². The minimum Gasteiger partial charge on any atom is -0.462 e. The number of allylic oxidation sites excluding steroid dienone is 2. The summed E-state index contributed by atoms with van der Waals surface area (Å²) in [6.45, 7) is 0. The fourth-order valence-electron chi connectivity index (χ4n) is 4.49. The normalized spacial score (nSPS) is 31.0. The molecular weight excluding hydrogens is 340 g/mol. The Bertz CT molecular complexity index is 612. The number of fused-ring (bicyclic) bond motifs is 1. The number of carbonyl (C=O) groups is 1. The molecule has 1 aliphatic carbocycles. The number of carbonyl (C=O) groups excluding carboxylic acids is 1. The van der Waals surface area contributed by atoms with Crippen molar-refractivity contribution in [2.75, 3.05) is 0 Å². The smallest absolute Gasteiger partial charge is 0.306 e. The highest BCUT2D eigenvalue weighted by Crippen LogP contribution is 2.40. The first-order chi connectivity index (χ1) is 13.1. The predicted octanol–water partition coefficient (Wildman–Crippen LogP) is 3.80. The van der Waals surface area contributed by atoms with Gasteiger partial charge in [-0.15, -0.1) is 0 Å². The summed E-state index contributed by atoms with van der Waals surface area (Å²) in [5, 5.41) is 21.0. The quantitative estimate of drug-likeness (QED) is 0.589. The van der Waals surface area contributed by atoms with Crippen molar-refractivity contribution in [1.82, 2.24) is 0 Å². The SMILES string of the molecule is O=C1CCC/C=C\C[C@H]2C(C[C@@H](O)[C@@H]2CC[C@@H](O)CCc2ccccc2)O1. The number of aliphatic hydroxyl groups excluding tert-OH is 2. The van der Waals surface area contributed by atoms with Crippen molar-refractivity contribution < 1.29 is 19.7 Å². The summed E-state index contributed by atoms with van der Waals surface area (Å²) in [6.07, 6.45) is 9.88. The van der Waals surface area contributed by atoms with Crippen LogP contribution in [0.1, 0.15) is 56.9 Å². The summed E-state index contributed by atoms with van der Waals surface area (Å²) in [6, 6.07) is 10.2. The third-order valence-electron chi connectivity index (χ3n) is 6.05. The van der Waals surface area contributed by atoms with Crippen molar-refractivity contribution in [1.29, 1.82) is 0 Å². The van der Waals surface area contributed by atoms with Gasteiger partial charge in [-0.3, -0.25) is 4.79 Å². The summed E-state index contributed by atoms with van der Waals surface area (Å²) in [5.74, 6) is 0.0916. The van der Waals surface area contributed by atoms with Crippen LogP contribution >= 0.6 is 0 Å². The molecule has 0 spiro atoms. The summed E-state index contributed by atoms with van der Waals surface area (Å²) in [4.78, 5) is 12.0. The van der Waals surface area contributed by atoms with E-state index in [1.807, 2.05) is 18.2 Å². The van der Waals surface area contributed by atoms with Crippen molar-refractivity contribution in [3.05, 3.63) is 48.0 Å². The fourth-order valence-corrected chi connectivity index (χ4v) is 4.49. The van der Waals surface area contributed by atoms with Gasteiger partial charge in [0.25, 0.3) is 0 Å². The molecule has 1 heterocycles. The van der Waals surface area contributed by atoms with Crippen molar-refractivity contribution in [2.24, 2.45) is 11.8 Å². The van der Waals surface area contributed by atoms with Crippen molar-refractivity contribution in [2.45, 2.75) is 76.1 Å².